The van der Waals surface area contributed by atoms with Gasteiger partial charge < -0.3 is 9.47 Å². The van der Waals surface area contributed by atoms with E-state index < -0.39 is 5.41 Å². The molecule has 2 heteroatoms. The van der Waals surface area contributed by atoms with Gasteiger partial charge in [-0.3, -0.25) is 0 Å². The van der Waals surface area contributed by atoms with Crippen LogP contribution >= 0.6 is 0 Å². The Hall–Kier alpha value is -7.42. The summed E-state index contributed by atoms with van der Waals surface area (Å²) in [5.74, 6) is 0. The summed E-state index contributed by atoms with van der Waals surface area (Å²) in [6, 6.07) is 84.1. The molecule has 0 aliphatic heterocycles. The summed E-state index contributed by atoms with van der Waals surface area (Å²) in [6.45, 7) is 0. The first kappa shape index (κ1) is 33.0. The molecular formula is C55H38N2. The lowest BCUT2D eigenvalue weighted by atomic mass is 9.67. The second-order valence-corrected chi connectivity index (χ2v) is 14.8. The van der Waals surface area contributed by atoms with Crippen LogP contribution in [0.5, 0.6) is 0 Å². The van der Waals surface area contributed by atoms with Gasteiger partial charge in [-0.1, -0.05) is 170 Å². The quantitative estimate of drug-likeness (QED) is 0.159. The highest BCUT2D eigenvalue weighted by molar-refractivity contribution is 6.21. The van der Waals surface area contributed by atoms with Crippen LogP contribution in [0.3, 0.4) is 0 Å². The van der Waals surface area contributed by atoms with E-state index in [4.69, 9.17) is 0 Å². The lowest BCUT2D eigenvalue weighted by Gasteiger charge is -2.34. The minimum Gasteiger partial charge on any atom is -0.311 e. The number of para-hydroxylation sites is 4. The summed E-state index contributed by atoms with van der Waals surface area (Å²) in [7, 11) is 0. The number of hydrogen-bond donors (Lipinski definition) is 0. The summed E-state index contributed by atoms with van der Waals surface area (Å²) in [6.07, 6.45) is 0. The summed E-state index contributed by atoms with van der Waals surface area (Å²) in [5, 5.41) is 2.50. The number of benzene rings is 9. The first-order valence-electron chi connectivity index (χ1n) is 19.7. The Balaban J connectivity index is 1.27. The van der Waals surface area contributed by atoms with Crippen LogP contribution in [-0.4, -0.2) is 4.57 Å². The molecule has 0 saturated carbocycles. The first-order valence-corrected chi connectivity index (χ1v) is 19.7. The molecule has 0 saturated heterocycles. The van der Waals surface area contributed by atoms with E-state index in [1.54, 1.807) is 0 Å². The van der Waals surface area contributed by atoms with Crippen molar-refractivity contribution in [3.05, 3.63) is 253 Å². The van der Waals surface area contributed by atoms with Gasteiger partial charge >= 0.3 is 0 Å². The third-order valence-corrected chi connectivity index (χ3v) is 11.8. The van der Waals surface area contributed by atoms with Crippen molar-refractivity contribution in [3.63, 3.8) is 0 Å². The van der Waals surface area contributed by atoms with Gasteiger partial charge in [-0.05, 0) is 99.6 Å². The number of aromatic nitrogens is 1. The Morgan fingerprint density at radius 1 is 0.386 bits per heavy atom. The average Bonchev–Trinajstić information content (AvgIpc) is 3.79. The molecule has 0 N–H and O–H groups in total. The molecule has 2 nitrogen and oxygen atoms in total. The van der Waals surface area contributed by atoms with E-state index in [1.807, 2.05) is 0 Å². The van der Waals surface area contributed by atoms with E-state index in [0.717, 1.165) is 22.7 Å². The summed E-state index contributed by atoms with van der Waals surface area (Å²) in [4.78, 5) is 2.33. The third kappa shape index (κ3) is 5.04. The number of nitrogens with zero attached hydrogens (tertiary/aromatic N) is 2. The summed E-state index contributed by atoms with van der Waals surface area (Å²) < 4.78 is 2.51. The highest BCUT2D eigenvalue weighted by Crippen LogP contribution is 2.60. The second-order valence-electron chi connectivity index (χ2n) is 14.8. The molecule has 268 valence electrons. The maximum atomic E-state index is 2.53. The van der Waals surface area contributed by atoms with Gasteiger partial charge in [0.2, 0.25) is 0 Å². The molecule has 1 aliphatic rings. The van der Waals surface area contributed by atoms with E-state index in [2.05, 4.69) is 240 Å². The number of fused-ring (bicyclic) bond motifs is 7. The minimum absolute atomic E-state index is 0.549. The van der Waals surface area contributed by atoms with Crippen molar-refractivity contribution in [1.29, 1.82) is 0 Å². The van der Waals surface area contributed by atoms with E-state index in [0.29, 0.717) is 0 Å². The van der Waals surface area contributed by atoms with Gasteiger partial charge in [-0.2, -0.15) is 0 Å². The lowest BCUT2D eigenvalue weighted by molar-refractivity contribution is 0.769. The molecule has 0 spiro atoms. The standard InChI is InChI=1S/C55H38N2/c1-6-20-40(21-7-1)55(41-22-8-2-9-23-41)49-32-18-16-30-46(49)53-50(55)38-48(52-47-31-17-19-33-51(47)57(54(52)53)44-28-14-5-15-29-44)39-34-36-45(37-35-39)56(42-24-10-3-11-25-42)43-26-12-4-13-27-43/h1-38H. The number of hydrogen-bond acceptors (Lipinski definition) is 1. The molecule has 11 rings (SSSR count). The lowest BCUT2D eigenvalue weighted by Crippen LogP contribution is -2.28. The molecular weight excluding hydrogens is 689 g/mol. The smallest absolute Gasteiger partial charge is 0.0714 e. The van der Waals surface area contributed by atoms with Gasteiger partial charge in [0.05, 0.1) is 16.4 Å². The van der Waals surface area contributed by atoms with Crippen LogP contribution in [0.25, 0.3) is 49.7 Å². The molecule has 0 bridgehead atoms. The van der Waals surface area contributed by atoms with Crippen LogP contribution in [0.2, 0.25) is 0 Å². The SMILES string of the molecule is c1ccc(N(c2ccccc2)c2ccc(-c3cc4c(c5c3c3ccccc3n5-c3ccccc3)-c3ccccc3C4(c3ccccc3)c3ccccc3)cc2)cc1. The van der Waals surface area contributed by atoms with Crippen molar-refractivity contribution in [1.82, 2.24) is 4.57 Å². The Bertz CT molecular complexity index is 2950. The molecule has 10 aromatic rings. The van der Waals surface area contributed by atoms with E-state index >= 15 is 0 Å². The van der Waals surface area contributed by atoms with E-state index in [-0.39, 0.29) is 0 Å². The van der Waals surface area contributed by atoms with Gasteiger partial charge in [-0.25, -0.2) is 0 Å². The normalized spacial score (nSPS) is 12.7. The Morgan fingerprint density at radius 3 is 1.49 bits per heavy atom. The van der Waals surface area contributed by atoms with Crippen molar-refractivity contribution in [2.45, 2.75) is 5.41 Å². The van der Waals surface area contributed by atoms with Crippen LogP contribution in [0.1, 0.15) is 22.3 Å². The van der Waals surface area contributed by atoms with Crippen molar-refractivity contribution in [3.8, 4) is 27.9 Å². The fourth-order valence-electron chi connectivity index (χ4n) is 9.54. The van der Waals surface area contributed by atoms with Crippen LogP contribution in [0.15, 0.2) is 231 Å². The van der Waals surface area contributed by atoms with E-state index in [1.165, 1.54) is 66.3 Å². The van der Waals surface area contributed by atoms with E-state index in [9.17, 15) is 0 Å². The molecule has 0 radical (unpaired) electrons. The topological polar surface area (TPSA) is 8.17 Å². The van der Waals surface area contributed by atoms with Crippen molar-refractivity contribution in [2.24, 2.45) is 0 Å². The van der Waals surface area contributed by atoms with Crippen LogP contribution < -0.4 is 4.90 Å². The predicted octanol–water partition coefficient (Wildman–Crippen LogP) is 14.3. The molecule has 0 unspecified atom stereocenters. The molecule has 1 aromatic heterocycles. The molecule has 0 fully saturated rings. The van der Waals surface area contributed by atoms with Gasteiger partial charge in [0.15, 0.2) is 0 Å². The van der Waals surface area contributed by atoms with Crippen molar-refractivity contribution < 1.29 is 0 Å². The first-order chi connectivity index (χ1) is 28.3. The van der Waals surface area contributed by atoms with Crippen LogP contribution in [0.4, 0.5) is 17.1 Å². The maximum absolute atomic E-state index is 2.53. The molecule has 57 heavy (non-hydrogen) atoms. The second kappa shape index (κ2) is 13.4. The predicted molar refractivity (Wildman–Crippen MR) is 238 cm³/mol. The largest absolute Gasteiger partial charge is 0.311 e. The Kier molecular flexibility index (Phi) is 7.75. The fourth-order valence-corrected chi connectivity index (χ4v) is 9.54. The summed E-state index contributed by atoms with van der Waals surface area (Å²) in [5.41, 5.74) is 16.4. The molecule has 1 aliphatic carbocycles. The monoisotopic (exact) mass is 726 g/mol. The zero-order valence-electron chi connectivity index (χ0n) is 31.3. The van der Waals surface area contributed by atoms with Gasteiger partial charge in [0.1, 0.15) is 0 Å². The fraction of sp³-hybridized carbons (Fsp3) is 0.0182. The highest BCUT2D eigenvalue weighted by Gasteiger charge is 2.47. The Morgan fingerprint density at radius 2 is 0.877 bits per heavy atom. The molecule has 0 atom stereocenters. The van der Waals surface area contributed by atoms with Gasteiger partial charge in [0.25, 0.3) is 0 Å². The Labute approximate surface area is 333 Å². The summed E-state index contributed by atoms with van der Waals surface area (Å²) >= 11 is 0. The van der Waals surface area contributed by atoms with Crippen LogP contribution in [0, 0.1) is 0 Å². The zero-order chi connectivity index (χ0) is 37.8. The molecule has 1 heterocycles. The van der Waals surface area contributed by atoms with Crippen molar-refractivity contribution >= 4 is 38.9 Å². The average molecular weight is 727 g/mol. The number of rotatable bonds is 7. The molecule has 9 aromatic carbocycles. The van der Waals surface area contributed by atoms with Gasteiger partial charge in [0, 0.05) is 39.1 Å². The highest BCUT2D eigenvalue weighted by atomic mass is 15.1. The zero-order valence-corrected chi connectivity index (χ0v) is 31.3. The van der Waals surface area contributed by atoms with Gasteiger partial charge in [-0.15, -0.1) is 0 Å². The van der Waals surface area contributed by atoms with Crippen LogP contribution in [-0.2, 0) is 5.41 Å². The van der Waals surface area contributed by atoms with Crippen molar-refractivity contribution in [2.75, 3.05) is 4.90 Å². The number of anilines is 3. The minimum atomic E-state index is -0.549. The molecule has 0 amide bonds. The third-order valence-electron chi connectivity index (χ3n) is 11.8. The maximum Gasteiger partial charge on any atom is 0.0714 e.